The molecule has 0 radical (unpaired) electrons. The molecule has 8 nitrogen and oxygen atoms in total. The van der Waals surface area contributed by atoms with Crippen molar-refractivity contribution >= 4 is 12.1 Å². The van der Waals surface area contributed by atoms with Gasteiger partial charge < -0.3 is 28.4 Å². The van der Waals surface area contributed by atoms with Crippen LogP contribution in [0.5, 0.6) is 0 Å². The number of carbonyl (C=O) groups is 1. The van der Waals surface area contributed by atoms with Gasteiger partial charge in [-0.05, 0) is 27.7 Å². The summed E-state index contributed by atoms with van der Waals surface area (Å²) < 4.78 is 34.4. The number of esters is 1. The number of nitrogens with zero attached hydrogens (tertiary/aromatic N) is 1. The van der Waals surface area contributed by atoms with Crippen LogP contribution in [0.1, 0.15) is 41.0 Å². The lowest BCUT2D eigenvalue weighted by molar-refractivity contribution is -0.198. The van der Waals surface area contributed by atoms with Crippen LogP contribution >= 0.6 is 0 Å². The van der Waals surface area contributed by atoms with Gasteiger partial charge in [-0.2, -0.15) is 0 Å². The highest BCUT2D eigenvalue weighted by Crippen LogP contribution is 2.51. The van der Waals surface area contributed by atoms with Crippen molar-refractivity contribution in [2.75, 3.05) is 13.2 Å². The van der Waals surface area contributed by atoms with Crippen molar-refractivity contribution in [3.8, 4) is 0 Å². The van der Waals surface area contributed by atoms with Crippen LogP contribution in [0.25, 0.3) is 0 Å². The molecule has 3 saturated heterocycles. The van der Waals surface area contributed by atoms with E-state index in [1.807, 2.05) is 34.6 Å². The van der Waals surface area contributed by atoms with Crippen molar-refractivity contribution in [3.63, 3.8) is 0 Å². The molecule has 4 aliphatic rings. The maximum atomic E-state index is 12.9. The van der Waals surface area contributed by atoms with E-state index in [9.17, 15) is 4.79 Å². The Labute approximate surface area is 153 Å². The maximum Gasteiger partial charge on any atom is 0.386 e. The number of carbonyl (C=O) groups excluding carboxylic acids is 1. The Morgan fingerprint density at radius 1 is 1.27 bits per heavy atom. The first-order valence-corrected chi connectivity index (χ1v) is 9.30. The van der Waals surface area contributed by atoms with Gasteiger partial charge in [0.05, 0.1) is 25.4 Å². The van der Waals surface area contributed by atoms with E-state index in [0.29, 0.717) is 19.6 Å². The highest BCUT2D eigenvalue weighted by molar-refractivity contribution is 5.82. The zero-order valence-corrected chi connectivity index (χ0v) is 15.9. The largest absolute Gasteiger partial charge is 0.461 e. The van der Waals surface area contributed by atoms with Gasteiger partial charge in [-0.15, -0.1) is 0 Å². The molecule has 0 amide bonds. The van der Waals surface area contributed by atoms with E-state index in [1.54, 1.807) is 0 Å². The molecule has 0 bridgehead atoms. The number of ether oxygens (including phenoxy) is 6. The predicted octanol–water partition coefficient (Wildman–Crippen LogP) is 1.61. The first-order valence-electron chi connectivity index (χ1n) is 9.30. The average molecular weight is 369 g/mol. The SMILES string of the molecule is CCOC1=N[C@H]2[C@@H](O1)O[C@H]1[C@H](C)[C@@H](C[C@H]3COC(C)(C)O3)OC(=O)[C@@]21C. The van der Waals surface area contributed by atoms with Gasteiger partial charge in [0.15, 0.2) is 5.79 Å². The van der Waals surface area contributed by atoms with Gasteiger partial charge in [0, 0.05) is 12.3 Å². The smallest absolute Gasteiger partial charge is 0.386 e. The fourth-order valence-corrected chi connectivity index (χ4v) is 4.41. The first-order chi connectivity index (χ1) is 12.2. The van der Waals surface area contributed by atoms with Gasteiger partial charge in [-0.25, -0.2) is 4.99 Å². The second-order valence-electron chi connectivity index (χ2n) is 8.09. The highest BCUT2D eigenvalue weighted by Gasteiger charge is 2.67. The quantitative estimate of drug-likeness (QED) is 0.699. The normalized spacial score (nSPS) is 46.2. The summed E-state index contributed by atoms with van der Waals surface area (Å²) in [6, 6.07) is -0.449. The molecular weight excluding hydrogens is 342 g/mol. The molecule has 0 N–H and O–H groups in total. The third kappa shape index (κ3) is 2.70. The summed E-state index contributed by atoms with van der Waals surface area (Å²) in [7, 11) is 0. The van der Waals surface area contributed by atoms with Crippen LogP contribution in [0, 0.1) is 11.3 Å². The summed E-state index contributed by atoms with van der Waals surface area (Å²) in [5.41, 5.74) is -0.883. The Kier molecular flexibility index (Phi) is 4.20. The van der Waals surface area contributed by atoms with Crippen LogP contribution < -0.4 is 0 Å². The molecule has 3 fully saturated rings. The molecular formula is C18H27NO7. The van der Waals surface area contributed by atoms with E-state index < -0.39 is 23.5 Å². The number of rotatable bonds is 3. The molecule has 0 aromatic carbocycles. The molecule has 4 rings (SSSR count). The molecule has 0 aromatic heterocycles. The zero-order chi connectivity index (χ0) is 18.7. The number of fused-ring (bicyclic) bond motifs is 3. The molecule has 7 atom stereocenters. The van der Waals surface area contributed by atoms with Crippen molar-refractivity contribution < 1.29 is 33.2 Å². The second-order valence-corrected chi connectivity index (χ2v) is 8.09. The molecule has 0 saturated carbocycles. The van der Waals surface area contributed by atoms with E-state index in [1.165, 1.54) is 0 Å². The molecule has 0 aliphatic carbocycles. The van der Waals surface area contributed by atoms with Crippen LogP contribution in [0.4, 0.5) is 0 Å². The van der Waals surface area contributed by atoms with E-state index in [0.717, 1.165) is 0 Å². The topological polar surface area (TPSA) is 84.8 Å². The van der Waals surface area contributed by atoms with Gasteiger partial charge >= 0.3 is 12.1 Å². The minimum Gasteiger partial charge on any atom is -0.461 e. The lowest BCUT2D eigenvalue weighted by atomic mass is 9.71. The third-order valence-corrected chi connectivity index (χ3v) is 5.80. The number of hydrogen-bond acceptors (Lipinski definition) is 8. The van der Waals surface area contributed by atoms with Crippen LogP contribution in [-0.4, -0.2) is 61.7 Å². The van der Waals surface area contributed by atoms with Crippen molar-refractivity contribution in [3.05, 3.63) is 0 Å². The second kappa shape index (κ2) is 6.07. The Morgan fingerprint density at radius 2 is 2.04 bits per heavy atom. The van der Waals surface area contributed by atoms with Crippen LogP contribution in [0.3, 0.4) is 0 Å². The van der Waals surface area contributed by atoms with Gasteiger partial charge in [0.2, 0.25) is 6.29 Å². The molecule has 0 unspecified atom stereocenters. The Hall–Kier alpha value is -1.38. The van der Waals surface area contributed by atoms with Gasteiger partial charge in [-0.1, -0.05) is 6.92 Å². The van der Waals surface area contributed by atoms with Crippen LogP contribution in [-0.2, 0) is 33.2 Å². The van der Waals surface area contributed by atoms with E-state index in [-0.39, 0.29) is 36.3 Å². The number of hydrogen-bond donors (Lipinski definition) is 0. The van der Waals surface area contributed by atoms with Crippen molar-refractivity contribution in [1.82, 2.24) is 0 Å². The Morgan fingerprint density at radius 3 is 2.69 bits per heavy atom. The van der Waals surface area contributed by atoms with Gasteiger partial charge in [-0.3, -0.25) is 4.79 Å². The van der Waals surface area contributed by atoms with E-state index in [4.69, 9.17) is 28.4 Å². The molecule has 8 heteroatoms. The standard InChI is InChI=1S/C18H27NO7/c1-6-21-16-19-12-14(25-16)24-13-9(2)11(23-15(20)18(12,13)5)7-10-8-22-17(3,4)26-10/h9-14H,6-8H2,1-5H3/t9-,10+,11-,12+,13+,14-,18+/m1/s1. The monoisotopic (exact) mass is 369 g/mol. The van der Waals surface area contributed by atoms with E-state index in [2.05, 4.69) is 4.99 Å². The van der Waals surface area contributed by atoms with Gasteiger partial charge in [0.25, 0.3) is 0 Å². The fraction of sp³-hybridized carbons (Fsp3) is 0.889. The lowest BCUT2D eigenvalue weighted by Crippen LogP contribution is -2.56. The average Bonchev–Trinajstić information content (AvgIpc) is 3.19. The Balaban J connectivity index is 1.50. The van der Waals surface area contributed by atoms with Crippen molar-refractivity contribution in [2.24, 2.45) is 16.3 Å². The number of aliphatic imine (C=N–C) groups is 1. The molecule has 146 valence electrons. The predicted molar refractivity (Wildman–Crippen MR) is 89.3 cm³/mol. The van der Waals surface area contributed by atoms with E-state index >= 15 is 0 Å². The zero-order valence-electron chi connectivity index (χ0n) is 15.9. The summed E-state index contributed by atoms with van der Waals surface area (Å²) in [4.78, 5) is 17.4. The summed E-state index contributed by atoms with van der Waals surface area (Å²) in [5, 5.41) is 0. The minimum atomic E-state index is -0.883. The van der Waals surface area contributed by atoms with Crippen LogP contribution in [0.2, 0.25) is 0 Å². The third-order valence-electron chi connectivity index (χ3n) is 5.80. The maximum absolute atomic E-state index is 12.9. The van der Waals surface area contributed by atoms with Crippen molar-refractivity contribution in [2.45, 2.75) is 77.5 Å². The lowest BCUT2D eigenvalue weighted by Gasteiger charge is -2.42. The van der Waals surface area contributed by atoms with Gasteiger partial charge in [0.1, 0.15) is 17.6 Å². The summed E-state index contributed by atoms with van der Waals surface area (Å²) in [6.45, 7) is 10.4. The molecule has 26 heavy (non-hydrogen) atoms. The summed E-state index contributed by atoms with van der Waals surface area (Å²) >= 11 is 0. The number of cyclic esters (lactones) is 1. The first kappa shape index (κ1) is 18.0. The highest BCUT2D eigenvalue weighted by atomic mass is 16.8. The molecule has 0 aromatic rings. The summed E-state index contributed by atoms with van der Waals surface area (Å²) in [5.74, 6) is -0.911. The van der Waals surface area contributed by atoms with Crippen LogP contribution in [0.15, 0.2) is 4.99 Å². The molecule has 4 heterocycles. The van der Waals surface area contributed by atoms with Crippen molar-refractivity contribution in [1.29, 1.82) is 0 Å². The summed E-state index contributed by atoms with van der Waals surface area (Å²) in [6.07, 6.45) is -0.568. The minimum absolute atomic E-state index is 0.00930. The fourth-order valence-electron chi connectivity index (χ4n) is 4.41. The Bertz CT molecular complexity index is 621. The molecule has 0 spiro atoms. The molecule has 4 aliphatic heterocycles.